The number of hydrogen-bond donors (Lipinski definition) is 1. The molecule has 0 aromatic carbocycles. The molecule has 1 aromatic rings. The van der Waals surface area contributed by atoms with E-state index in [0.717, 1.165) is 38.6 Å². The maximum atomic E-state index is 12.1. The summed E-state index contributed by atoms with van der Waals surface area (Å²) in [7, 11) is 0. The standard InChI is InChI=1S/C16H23NO3S/c18-15(17-10-4-6-13(12-17)16(19)20)9-3-1-2-7-14-8-5-11-21-14/h5,8,11,13H,1-4,6-7,9-10,12H2,(H,19,20). The van der Waals surface area contributed by atoms with Crippen LogP contribution in [0.1, 0.15) is 43.4 Å². The Morgan fingerprint density at radius 1 is 1.33 bits per heavy atom. The van der Waals surface area contributed by atoms with Crippen LogP contribution in [0.15, 0.2) is 17.5 Å². The number of rotatable bonds is 7. The van der Waals surface area contributed by atoms with Gasteiger partial charge in [-0.05, 0) is 43.6 Å². The molecular formula is C16H23NO3S. The van der Waals surface area contributed by atoms with Crippen molar-refractivity contribution >= 4 is 23.2 Å². The van der Waals surface area contributed by atoms with Crippen LogP contribution in [-0.2, 0) is 16.0 Å². The lowest BCUT2D eigenvalue weighted by atomic mass is 9.98. The third-order valence-electron chi connectivity index (χ3n) is 4.02. The fraction of sp³-hybridized carbons (Fsp3) is 0.625. The third kappa shape index (κ3) is 5.16. The number of unbranched alkanes of at least 4 members (excludes halogenated alkanes) is 2. The number of aliphatic carboxylic acids is 1. The predicted octanol–water partition coefficient (Wildman–Crippen LogP) is 3.17. The van der Waals surface area contributed by atoms with Gasteiger partial charge >= 0.3 is 5.97 Å². The van der Waals surface area contributed by atoms with Crippen LogP contribution in [0.25, 0.3) is 0 Å². The highest BCUT2D eigenvalue weighted by molar-refractivity contribution is 7.09. The molecule has 0 spiro atoms. The number of carboxylic acid groups (broad SMARTS) is 1. The maximum Gasteiger partial charge on any atom is 0.308 e. The summed E-state index contributed by atoms with van der Waals surface area (Å²) in [4.78, 5) is 26.2. The minimum Gasteiger partial charge on any atom is -0.481 e. The highest BCUT2D eigenvalue weighted by Crippen LogP contribution is 2.18. The lowest BCUT2D eigenvalue weighted by Crippen LogP contribution is -2.42. The first kappa shape index (κ1) is 16.0. The van der Waals surface area contributed by atoms with Crippen molar-refractivity contribution in [3.05, 3.63) is 22.4 Å². The van der Waals surface area contributed by atoms with Gasteiger partial charge in [-0.3, -0.25) is 9.59 Å². The average molecular weight is 309 g/mol. The molecule has 0 bridgehead atoms. The minimum atomic E-state index is -0.775. The number of likely N-dealkylation sites (tertiary alicyclic amines) is 1. The van der Waals surface area contributed by atoms with E-state index in [-0.39, 0.29) is 11.8 Å². The maximum absolute atomic E-state index is 12.1. The molecule has 21 heavy (non-hydrogen) atoms. The molecular weight excluding hydrogens is 286 g/mol. The number of amides is 1. The van der Waals surface area contributed by atoms with Gasteiger partial charge in [0, 0.05) is 24.4 Å². The largest absolute Gasteiger partial charge is 0.481 e. The normalized spacial score (nSPS) is 18.7. The van der Waals surface area contributed by atoms with E-state index in [1.165, 1.54) is 4.88 Å². The highest BCUT2D eigenvalue weighted by Gasteiger charge is 2.27. The number of carboxylic acids is 1. The summed E-state index contributed by atoms with van der Waals surface area (Å²) in [6.45, 7) is 1.11. The number of piperidine rings is 1. The third-order valence-corrected chi connectivity index (χ3v) is 4.95. The molecule has 1 N–H and O–H groups in total. The molecule has 0 saturated carbocycles. The summed E-state index contributed by atoms with van der Waals surface area (Å²) in [6.07, 6.45) is 6.22. The first-order chi connectivity index (χ1) is 10.2. The summed E-state index contributed by atoms with van der Waals surface area (Å²) in [5.41, 5.74) is 0. The second-order valence-corrected chi connectivity index (χ2v) is 6.69. The zero-order valence-corrected chi connectivity index (χ0v) is 13.1. The Labute approximate surface area is 129 Å². The smallest absolute Gasteiger partial charge is 0.308 e. The van der Waals surface area contributed by atoms with Crippen molar-refractivity contribution in [2.45, 2.75) is 44.9 Å². The number of hydrogen-bond acceptors (Lipinski definition) is 3. The van der Waals surface area contributed by atoms with Crippen molar-refractivity contribution in [1.29, 1.82) is 0 Å². The van der Waals surface area contributed by atoms with Crippen molar-refractivity contribution in [3.8, 4) is 0 Å². The van der Waals surface area contributed by atoms with Gasteiger partial charge < -0.3 is 10.0 Å². The predicted molar refractivity (Wildman–Crippen MR) is 83.4 cm³/mol. The van der Waals surface area contributed by atoms with E-state index in [9.17, 15) is 9.59 Å². The second kappa shape index (κ2) is 8.17. The summed E-state index contributed by atoms with van der Waals surface area (Å²) in [6, 6.07) is 4.22. The molecule has 1 aromatic heterocycles. The number of aryl methyl sites for hydroxylation is 1. The van der Waals surface area contributed by atoms with E-state index < -0.39 is 5.97 Å². The second-order valence-electron chi connectivity index (χ2n) is 5.66. The van der Waals surface area contributed by atoms with Gasteiger partial charge in [-0.2, -0.15) is 0 Å². The van der Waals surface area contributed by atoms with Crippen LogP contribution in [0, 0.1) is 5.92 Å². The van der Waals surface area contributed by atoms with Gasteiger partial charge in [0.15, 0.2) is 0 Å². The summed E-state index contributed by atoms with van der Waals surface area (Å²) in [5.74, 6) is -1.03. The van der Waals surface area contributed by atoms with Crippen LogP contribution in [0.3, 0.4) is 0 Å². The van der Waals surface area contributed by atoms with Crippen LogP contribution in [0.5, 0.6) is 0 Å². The molecule has 1 aliphatic rings. The SMILES string of the molecule is O=C(O)C1CCCN(C(=O)CCCCCc2cccs2)C1. The van der Waals surface area contributed by atoms with E-state index in [2.05, 4.69) is 17.5 Å². The Kier molecular flexibility index (Phi) is 6.23. The van der Waals surface area contributed by atoms with E-state index in [1.54, 1.807) is 16.2 Å². The van der Waals surface area contributed by atoms with Crippen LogP contribution in [0.2, 0.25) is 0 Å². The van der Waals surface area contributed by atoms with E-state index >= 15 is 0 Å². The summed E-state index contributed by atoms with van der Waals surface area (Å²) >= 11 is 1.78. The minimum absolute atomic E-state index is 0.122. The van der Waals surface area contributed by atoms with Crippen molar-refractivity contribution in [2.24, 2.45) is 5.92 Å². The van der Waals surface area contributed by atoms with Crippen LogP contribution >= 0.6 is 11.3 Å². The molecule has 1 unspecified atom stereocenters. The molecule has 1 saturated heterocycles. The van der Waals surface area contributed by atoms with Crippen LogP contribution in [-0.4, -0.2) is 35.0 Å². The van der Waals surface area contributed by atoms with Gasteiger partial charge in [0.25, 0.3) is 0 Å². The molecule has 4 nitrogen and oxygen atoms in total. The average Bonchev–Trinajstić information content (AvgIpc) is 3.00. The zero-order chi connectivity index (χ0) is 15.1. The Balaban J connectivity index is 1.61. The molecule has 0 aliphatic carbocycles. The first-order valence-electron chi connectivity index (χ1n) is 7.70. The van der Waals surface area contributed by atoms with E-state index in [1.807, 2.05) is 0 Å². The fourth-order valence-electron chi connectivity index (χ4n) is 2.77. The van der Waals surface area contributed by atoms with Crippen molar-refractivity contribution in [2.75, 3.05) is 13.1 Å². The summed E-state index contributed by atoms with van der Waals surface area (Å²) in [5, 5.41) is 11.1. The Bertz CT molecular complexity index is 458. The molecule has 1 aliphatic heterocycles. The Morgan fingerprint density at radius 3 is 2.90 bits per heavy atom. The van der Waals surface area contributed by atoms with Gasteiger partial charge in [0.2, 0.25) is 5.91 Å². The van der Waals surface area contributed by atoms with E-state index in [0.29, 0.717) is 19.4 Å². The fourth-order valence-corrected chi connectivity index (χ4v) is 3.52. The first-order valence-corrected chi connectivity index (χ1v) is 8.58. The molecule has 2 rings (SSSR count). The molecule has 1 fully saturated rings. The molecule has 116 valence electrons. The number of carbonyl (C=O) groups excluding carboxylic acids is 1. The Morgan fingerprint density at radius 2 is 2.19 bits per heavy atom. The topological polar surface area (TPSA) is 57.6 Å². The molecule has 1 atom stereocenters. The zero-order valence-electron chi connectivity index (χ0n) is 12.3. The van der Waals surface area contributed by atoms with Crippen molar-refractivity contribution < 1.29 is 14.7 Å². The monoisotopic (exact) mass is 309 g/mol. The molecule has 0 radical (unpaired) electrons. The summed E-state index contributed by atoms with van der Waals surface area (Å²) < 4.78 is 0. The molecule has 2 heterocycles. The van der Waals surface area contributed by atoms with E-state index in [4.69, 9.17) is 5.11 Å². The molecule has 5 heteroatoms. The van der Waals surface area contributed by atoms with Crippen molar-refractivity contribution in [1.82, 2.24) is 4.90 Å². The van der Waals surface area contributed by atoms with Crippen molar-refractivity contribution in [3.63, 3.8) is 0 Å². The van der Waals surface area contributed by atoms with Crippen LogP contribution in [0.4, 0.5) is 0 Å². The van der Waals surface area contributed by atoms with Gasteiger partial charge in [0.1, 0.15) is 0 Å². The Hall–Kier alpha value is -1.36. The lowest BCUT2D eigenvalue weighted by molar-refractivity contribution is -0.145. The van der Waals surface area contributed by atoms with Gasteiger partial charge in [-0.25, -0.2) is 0 Å². The number of carbonyl (C=O) groups is 2. The molecule has 1 amide bonds. The number of thiophene rings is 1. The highest BCUT2D eigenvalue weighted by atomic mass is 32.1. The quantitative estimate of drug-likeness (QED) is 0.787. The van der Waals surface area contributed by atoms with Gasteiger partial charge in [-0.1, -0.05) is 12.5 Å². The lowest BCUT2D eigenvalue weighted by Gasteiger charge is -2.30. The van der Waals surface area contributed by atoms with Crippen LogP contribution < -0.4 is 0 Å². The number of nitrogens with zero attached hydrogens (tertiary/aromatic N) is 1. The van der Waals surface area contributed by atoms with Gasteiger partial charge in [-0.15, -0.1) is 11.3 Å². The van der Waals surface area contributed by atoms with Gasteiger partial charge in [0.05, 0.1) is 5.92 Å².